The van der Waals surface area contributed by atoms with E-state index in [1.807, 2.05) is 0 Å². The summed E-state index contributed by atoms with van der Waals surface area (Å²) in [6.45, 7) is 0.673. The van der Waals surface area contributed by atoms with Crippen molar-refractivity contribution in [3.63, 3.8) is 0 Å². The van der Waals surface area contributed by atoms with Crippen LogP contribution in [0, 0.1) is 11.6 Å². The molecule has 1 aromatic carbocycles. The van der Waals surface area contributed by atoms with Gasteiger partial charge >= 0.3 is 0 Å². The maximum atomic E-state index is 13.9. The van der Waals surface area contributed by atoms with Crippen LogP contribution in [0.2, 0.25) is 0 Å². The van der Waals surface area contributed by atoms with Crippen LogP contribution in [0.25, 0.3) is 0 Å². The molecule has 0 saturated carbocycles. The minimum Gasteiger partial charge on any atom is -0.409 e. The van der Waals surface area contributed by atoms with Crippen LogP contribution in [0.15, 0.2) is 17.3 Å². The van der Waals surface area contributed by atoms with E-state index in [0.29, 0.717) is 24.6 Å². The van der Waals surface area contributed by atoms with E-state index in [-0.39, 0.29) is 17.1 Å². The number of halogens is 2. The van der Waals surface area contributed by atoms with E-state index in [0.717, 1.165) is 12.1 Å². The van der Waals surface area contributed by atoms with Crippen LogP contribution in [-0.4, -0.2) is 39.8 Å². The van der Waals surface area contributed by atoms with E-state index in [1.165, 1.54) is 4.90 Å². The van der Waals surface area contributed by atoms with Crippen LogP contribution < -0.4 is 10.6 Å². The normalized spacial score (nSPS) is 17.8. The highest BCUT2D eigenvalue weighted by Crippen LogP contribution is 2.26. The predicted molar refractivity (Wildman–Crippen MR) is 69.0 cm³/mol. The Labute approximate surface area is 111 Å². The second-order valence-corrected chi connectivity index (χ2v) is 5.81. The molecule has 5 nitrogen and oxygen atoms in total. The number of anilines is 1. The molecular weight excluding hydrogens is 276 g/mol. The minimum absolute atomic E-state index is 0.0261. The van der Waals surface area contributed by atoms with Crippen LogP contribution in [0.1, 0.15) is 5.56 Å². The second-order valence-electron chi connectivity index (χ2n) is 4.11. The Hall–Kier alpha value is -1.70. The third-order valence-electron chi connectivity index (χ3n) is 2.91. The molecule has 0 atom stereocenters. The molecule has 0 radical (unpaired) electrons. The van der Waals surface area contributed by atoms with Gasteiger partial charge in [-0.15, -0.1) is 0 Å². The van der Waals surface area contributed by atoms with Gasteiger partial charge in [0.05, 0.1) is 0 Å². The Balaban J connectivity index is 2.34. The smallest absolute Gasteiger partial charge is 0.170 e. The number of rotatable bonds is 2. The molecule has 0 amide bonds. The molecule has 0 spiro atoms. The van der Waals surface area contributed by atoms with Gasteiger partial charge in [0.2, 0.25) is 0 Å². The fourth-order valence-electron chi connectivity index (χ4n) is 1.93. The summed E-state index contributed by atoms with van der Waals surface area (Å²) < 4.78 is 39.1. The van der Waals surface area contributed by atoms with Gasteiger partial charge in [-0.3, -0.25) is 4.21 Å². The minimum atomic E-state index is -0.920. The van der Waals surface area contributed by atoms with Crippen molar-refractivity contribution in [2.45, 2.75) is 0 Å². The lowest BCUT2D eigenvalue weighted by molar-refractivity contribution is 0.318. The van der Waals surface area contributed by atoms with Gasteiger partial charge in [0.25, 0.3) is 0 Å². The van der Waals surface area contributed by atoms with Crippen molar-refractivity contribution >= 4 is 22.3 Å². The SMILES string of the molecule is N/C(=N/O)c1cc(F)c(N2CCS(=O)CC2)c(F)c1. The number of hydrogen-bond donors (Lipinski definition) is 2. The first-order valence-corrected chi connectivity index (χ1v) is 7.08. The molecular formula is C11H13F2N3O2S. The van der Waals surface area contributed by atoms with E-state index in [2.05, 4.69) is 5.16 Å². The van der Waals surface area contributed by atoms with Gasteiger partial charge in [0.1, 0.15) is 17.3 Å². The molecule has 1 aromatic rings. The average Bonchev–Trinajstić information content (AvgIpc) is 2.39. The largest absolute Gasteiger partial charge is 0.409 e. The number of nitrogens with two attached hydrogens (primary N) is 1. The predicted octanol–water partition coefficient (Wildman–Crippen LogP) is 0.628. The summed E-state index contributed by atoms with van der Waals surface area (Å²) in [7, 11) is -0.920. The zero-order chi connectivity index (χ0) is 14.0. The molecule has 3 N–H and O–H groups in total. The van der Waals surface area contributed by atoms with Crippen molar-refractivity contribution in [3.8, 4) is 0 Å². The summed E-state index contributed by atoms with van der Waals surface area (Å²) >= 11 is 0. The first kappa shape index (κ1) is 13.7. The number of hydrogen-bond acceptors (Lipinski definition) is 4. The third kappa shape index (κ3) is 2.83. The molecule has 19 heavy (non-hydrogen) atoms. The standard InChI is InChI=1S/C11H13F2N3O2S/c12-8-5-7(11(14)15-17)6-9(13)10(8)16-1-3-19(18)4-2-16/h5-6,17H,1-4H2,(H2,14,15). The molecule has 8 heteroatoms. The van der Waals surface area contributed by atoms with Gasteiger partial charge in [-0.1, -0.05) is 5.16 Å². The molecule has 2 rings (SSSR count). The Bertz CT molecular complexity index is 518. The average molecular weight is 289 g/mol. The molecule has 1 fully saturated rings. The van der Waals surface area contributed by atoms with Crippen molar-refractivity contribution in [1.82, 2.24) is 0 Å². The zero-order valence-electron chi connectivity index (χ0n) is 9.97. The molecule has 1 aliphatic heterocycles. The van der Waals surface area contributed by atoms with Crippen LogP contribution in [0.3, 0.4) is 0 Å². The van der Waals surface area contributed by atoms with E-state index in [9.17, 15) is 13.0 Å². The first-order chi connectivity index (χ1) is 9.02. The highest BCUT2D eigenvalue weighted by atomic mass is 32.2. The van der Waals surface area contributed by atoms with E-state index in [4.69, 9.17) is 10.9 Å². The van der Waals surface area contributed by atoms with Crippen molar-refractivity contribution in [3.05, 3.63) is 29.3 Å². The van der Waals surface area contributed by atoms with Crippen molar-refractivity contribution < 1.29 is 18.2 Å². The fraction of sp³-hybridized carbons (Fsp3) is 0.364. The highest BCUT2D eigenvalue weighted by Gasteiger charge is 2.22. The maximum Gasteiger partial charge on any atom is 0.170 e. The number of nitrogens with zero attached hydrogens (tertiary/aromatic N) is 2. The molecule has 0 unspecified atom stereocenters. The van der Waals surface area contributed by atoms with Gasteiger partial charge in [0, 0.05) is 41.0 Å². The number of amidine groups is 1. The summed E-state index contributed by atoms with van der Waals surface area (Å²) in [5.74, 6) is -1.14. The Morgan fingerprint density at radius 3 is 2.32 bits per heavy atom. The topological polar surface area (TPSA) is 78.9 Å². The van der Waals surface area contributed by atoms with Gasteiger partial charge in [-0.05, 0) is 12.1 Å². The Kier molecular flexibility index (Phi) is 3.98. The van der Waals surface area contributed by atoms with Crippen LogP contribution in [0.4, 0.5) is 14.5 Å². The van der Waals surface area contributed by atoms with Gasteiger partial charge < -0.3 is 15.8 Å². The zero-order valence-corrected chi connectivity index (χ0v) is 10.8. The molecule has 1 heterocycles. The number of benzene rings is 1. The van der Waals surface area contributed by atoms with Crippen LogP contribution >= 0.6 is 0 Å². The molecule has 1 aliphatic rings. The quantitative estimate of drug-likeness (QED) is 0.362. The summed E-state index contributed by atoms with van der Waals surface area (Å²) in [5.41, 5.74) is 5.10. The lowest BCUT2D eigenvalue weighted by atomic mass is 10.1. The van der Waals surface area contributed by atoms with Crippen LogP contribution in [0.5, 0.6) is 0 Å². The van der Waals surface area contributed by atoms with Gasteiger partial charge in [-0.25, -0.2) is 8.78 Å². The number of oxime groups is 1. The lowest BCUT2D eigenvalue weighted by Gasteiger charge is -2.29. The summed E-state index contributed by atoms with van der Waals surface area (Å²) in [5, 5.41) is 11.2. The summed E-state index contributed by atoms with van der Waals surface area (Å²) in [6.07, 6.45) is 0. The van der Waals surface area contributed by atoms with Gasteiger partial charge in [0.15, 0.2) is 5.84 Å². The Morgan fingerprint density at radius 2 is 1.84 bits per heavy atom. The van der Waals surface area contributed by atoms with E-state index in [1.54, 1.807) is 0 Å². The van der Waals surface area contributed by atoms with E-state index >= 15 is 0 Å². The fourth-order valence-corrected chi connectivity index (χ4v) is 2.99. The van der Waals surface area contributed by atoms with Crippen molar-refractivity contribution in [2.75, 3.05) is 29.5 Å². The molecule has 0 bridgehead atoms. The van der Waals surface area contributed by atoms with Crippen molar-refractivity contribution in [1.29, 1.82) is 0 Å². The van der Waals surface area contributed by atoms with Gasteiger partial charge in [-0.2, -0.15) is 0 Å². The molecule has 104 valence electrons. The lowest BCUT2D eigenvalue weighted by Crippen LogP contribution is -2.38. The Morgan fingerprint density at radius 1 is 1.32 bits per heavy atom. The molecule has 0 aromatic heterocycles. The first-order valence-electron chi connectivity index (χ1n) is 5.60. The van der Waals surface area contributed by atoms with E-state index < -0.39 is 22.4 Å². The molecule has 1 saturated heterocycles. The third-order valence-corrected chi connectivity index (χ3v) is 4.19. The highest BCUT2D eigenvalue weighted by molar-refractivity contribution is 7.85. The summed E-state index contributed by atoms with van der Waals surface area (Å²) in [6, 6.07) is 2.03. The monoisotopic (exact) mass is 289 g/mol. The van der Waals surface area contributed by atoms with Crippen molar-refractivity contribution in [2.24, 2.45) is 10.9 Å². The molecule has 0 aliphatic carbocycles. The van der Waals surface area contributed by atoms with Crippen LogP contribution in [-0.2, 0) is 10.8 Å². The summed E-state index contributed by atoms with van der Waals surface area (Å²) in [4.78, 5) is 1.52. The second kappa shape index (κ2) is 5.52. The maximum absolute atomic E-state index is 13.9.